The van der Waals surface area contributed by atoms with E-state index in [1.54, 1.807) is 4.68 Å². The van der Waals surface area contributed by atoms with Gasteiger partial charge < -0.3 is 5.11 Å². The van der Waals surface area contributed by atoms with Crippen LogP contribution in [0.4, 0.5) is 0 Å². The first-order valence-electron chi connectivity index (χ1n) is 7.07. The summed E-state index contributed by atoms with van der Waals surface area (Å²) in [6.45, 7) is 2.06. The Morgan fingerprint density at radius 3 is 2.62 bits per heavy atom. The minimum Gasteiger partial charge on any atom is -0.386 e. The van der Waals surface area contributed by atoms with E-state index in [-0.39, 0.29) is 0 Å². The van der Waals surface area contributed by atoms with Gasteiger partial charge in [-0.05, 0) is 30.7 Å². The molecule has 3 nitrogen and oxygen atoms in total. The second kappa shape index (κ2) is 5.94. The van der Waals surface area contributed by atoms with Gasteiger partial charge in [0.15, 0.2) is 0 Å². The molecule has 0 spiro atoms. The van der Waals surface area contributed by atoms with E-state index in [0.717, 1.165) is 11.3 Å². The summed E-state index contributed by atoms with van der Waals surface area (Å²) in [5, 5.41) is 14.8. The largest absolute Gasteiger partial charge is 0.386 e. The van der Waals surface area contributed by atoms with Gasteiger partial charge in [0.05, 0.1) is 11.4 Å². The van der Waals surface area contributed by atoms with Crippen molar-refractivity contribution in [3.63, 3.8) is 0 Å². The fraction of sp³-hybridized carbons (Fsp3) is 0.167. The second-order valence-corrected chi connectivity index (χ2v) is 5.23. The summed E-state index contributed by atoms with van der Waals surface area (Å²) in [5.41, 5.74) is 4.01. The molecule has 3 heteroatoms. The number of para-hydroxylation sites is 1. The van der Waals surface area contributed by atoms with Crippen molar-refractivity contribution in [3.8, 4) is 5.69 Å². The standard InChI is InChI=1S/C18H18N2O/c1-14-6-5-7-15(12-14)13-18(21)17-10-11-20(19-17)16-8-3-2-4-9-16/h2-12,18,21H,13H2,1H3. The molecule has 1 unspecified atom stereocenters. The molecule has 21 heavy (non-hydrogen) atoms. The predicted molar refractivity (Wildman–Crippen MR) is 83.4 cm³/mol. The molecule has 0 saturated heterocycles. The zero-order valence-electron chi connectivity index (χ0n) is 12.0. The first kappa shape index (κ1) is 13.6. The van der Waals surface area contributed by atoms with Crippen LogP contribution in [-0.2, 0) is 6.42 Å². The zero-order valence-corrected chi connectivity index (χ0v) is 12.0. The Balaban J connectivity index is 1.77. The molecular weight excluding hydrogens is 260 g/mol. The third-order valence-electron chi connectivity index (χ3n) is 3.48. The van der Waals surface area contributed by atoms with Gasteiger partial charge in [-0.25, -0.2) is 4.68 Å². The quantitative estimate of drug-likeness (QED) is 0.793. The summed E-state index contributed by atoms with van der Waals surface area (Å²) >= 11 is 0. The molecule has 3 rings (SSSR count). The van der Waals surface area contributed by atoms with Crippen molar-refractivity contribution in [3.05, 3.63) is 83.7 Å². The van der Waals surface area contributed by atoms with Gasteiger partial charge in [-0.3, -0.25) is 0 Å². The van der Waals surface area contributed by atoms with E-state index in [0.29, 0.717) is 12.1 Å². The van der Waals surface area contributed by atoms with Crippen LogP contribution < -0.4 is 0 Å². The Bertz CT molecular complexity index is 719. The molecule has 0 aliphatic rings. The molecule has 0 bridgehead atoms. The molecule has 1 atom stereocenters. The Labute approximate surface area is 124 Å². The van der Waals surface area contributed by atoms with Crippen molar-refractivity contribution >= 4 is 0 Å². The van der Waals surface area contributed by atoms with Crippen molar-refractivity contribution < 1.29 is 5.11 Å². The van der Waals surface area contributed by atoms with Gasteiger partial charge in [-0.2, -0.15) is 5.10 Å². The number of aliphatic hydroxyl groups is 1. The Kier molecular flexibility index (Phi) is 3.84. The Morgan fingerprint density at radius 2 is 1.86 bits per heavy atom. The molecular formula is C18H18N2O. The van der Waals surface area contributed by atoms with Gasteiger partial charge >= 0.3 is 0 Å². The number of rotatable bonds is 4. The van der Waals surface area contributed by atoms with Crippen LogP contribution in [0.15, 0.2) is 66.9 Å². The average molecular weight is 278 g/mol. The number of aliphatic hydroxyl groups excluding tert-OH is 1. The molecule has 2 aromatic carbocycles. The van der Waals surface area contributed by atoms with E-state index in [2.05, 4.69) is 24.2 Å². The molecule has 106 valence electrons. The third kappa shape index (κ3) is 3.20. The molecule has 1 aromatic heterocycles. The van der Waals surface area contributed by atoms with E-state index >= 15 is 0 Å². The minimum atomic E-state index is -0.586. The highest BCUT2D eigenvalue weighted by Gasteiger charge is 2.12. The lowest BCUT2D eigenvalue weighted by atomic mass is 10.0. The number of aryl methyl sites for hydroxylation is 1. The molecule has 0 aliphatic heterocycles. The monoisotopic (exact) mass is 278 g/mol. The molecule has 1 N–H and O–H groups in total. The highest BCUT2D eigenvalue weighted by molar-refractivity contribution is 5.31. The van der Waals surface area contributed by atoms with Crippen molar-refractivity contribution in [2.75, 3.05) is 0 Å². The lowest BCUT2D eigenvalue weighted by Gasteiger charge is -2.08. The van der Waals surface area contributed by atoms with Crippen LogP contribution in [0.2, 0.25) is 0 Å². The SMILES string of the molecule is Cc1cccc(CC(O)c2ccn(-c3ccccc3)n2)c1. The number of nitrogens with zero attached hydrogens (tertiary/aromatic N) is 2. The summed E-state index contributed by atoms with van der Waals surface area (Å²) in [6.07, 6.45) is 1.87. The van der Waals surface area contributed by atoms with Crippen LogP contribution >= 0.6 is 0 Å². The van der Waals surface area contributed by atoms with E-state index in [1.807, 2.05) is 54.7 Å². The van der Waals surface area contributed by atoms with E-state index in [4.69, 9.17) is 0 Å². The van der Waals surface area contributed by atoms with Gasteiger partial charge in [0, 0.05) is 12.6 Å². The van der Waals surface area contributed by atoms with Crippen molar-refractivity contribution in [1.82, 2.24) is 9.78 Å². The van der Waals surface area contributed by atoms with Gasteiger partial charge in [-0.1, -0.05) is 48.0 Å². The van der Waals surface area contributed by atoms with E-state index < -0.39 is 6.10 Å². The summed E-state index contributed by atoms with van der Waals surface area (Å²) in [4.78, 5) is 0. The van der Waals surface area contributed by atoms with E-state index in [9.17, 15) is 5.11 Å². The van der Waals surface area contributed by atoms with Crippen LogP contribution in [0.25, 0.3) is 5.69 Å². The molecule has 0 radical (unpaired) electrons. The molecule has 1 heterocycles. The summed E-state index contributed by atoms with van der Waals surface area (Å²) < 4.78 is 1.79. The van der Waals surface area contributed by atoms with Gasteiger partial charge in [0.25, 0.3) is 0 Å². The van der Waals surface area contributed by atoms with Crippen LogP contribution in [-0.4, -0.2) is 14.9 Å². The second-order valence-electron chi connectivity index (χ2n) is 5.23. The first-order valence-corrected chi connectivity index (χ1v) is 7.07. The predicted octanol–water partition coefficient (Wildman–Crippen LogP) is 3.46. The van der Waals surface area contributed by atoms with Crippen molar-refractivity contribution in [1.29, 1.82) is 0 Å². The molecule has 0 aliphatic carbocycles. The number of hydrogen-bond acceptors (Lipinski definition) is 2. The maximum absolute atomic E-state index is 10.3. The number of hydrogen-bond donors (Lipinski definition) is 1. The Morgan fingerprint density at radius 1 is 1.05 bits per heavy atom. The van der Waals surface area contributed by atoms with Crippen molar-refractivity contribution in [2.45, 2.75) is 19.4 Å². The van der Waals surface area contributed by atoms with Crippen molar-refractivity contribution in [2.24, 2.45) is 0 Å². The first-order chi connectivity index (χ1) is 10.2. The highest BCUT2D eigenvalue weighted by Crippen LogP contribution is 2.18. The third-order valence-corrected chi connectivity index (χ3v) is 3.48. The topological polar surface area (TPSA) is 38.0 Å². The lowest BCUT2D eigenvalue weighted by molar-refractivity contribution is 0.173. The van der Waals surface area contributed by atoms with Gasteiger partial charge in [0.2, 0.25) is 0 Å². The fourth-order valence-corrected chi connectivity index (χ4v) is 2.41. The number of aromatic nitrogens is 2. The summed E-state index contributed by atoms with van der Waals surface area (Å²) in [6, 6.07) is 20.0. The fourth-order valence-electron chi connectivity index (χ4n) is 2.41. The van der Waals surface area contributed by atoms with Crippen LogP contribution in [0, 0.1) is 6.92 Å². The van der Waals surface area contributed by atoms with Crippen LogP contribution in [0.5, 0.6) is 0 Å². The van der Waals surface area contributed by atoms with E-state index in [1.165, 1.54) is 5.56 Å². The maximum Gasteiger partial charge on any atom is 0.102 e. The maximum atomic E-state index is 10.3. The Hall–Kier alpha value is -2.39. The van der Waals surface area contributed by atoms with Crippen LogP contribution in [0.3, 0.4) is 0 Å². The average Bonchev–Trinajstić information content (AvgIpc) is 2.98. The van der Waals surface area contributed by atoms with Crippen LogP contribution in [0.1, 0.15) is 22.9 Å². The molecule has 0 amide bonds. The molecule has 0 saturated carbocycles. The van der Waals surface area contributed by atoms with Gasteiger partial charge in [0.1, 0.15) is 6.10 Å². The summed E-state index contributed by atoms with van der Waals surface area (Å²) in [7, 11) is 0. The lowest BCUT2D eigenvalue weighted by Crippen LogP contribution is -2.04. The highest BCUT2D eigenvalue weighted by atomic mass is 16.3. The zero-order chi connectivity index (χ0) is 14.7. The minimum absolute atomic E-state index is 0.577. The summed E-state index contributed by atoms with van der Waals surface area (Å²) in [5.74, 6) is 0. The molecule has 0 fully saturated rings. The molecule has 3 aromatic rings. The normalized spacial score (nSPS) is 12.3. The smallest absolute Gasteiger partial charge is 0.102 e. The number of benzene rings is 2. The van der Waals surface area contributed by atoms with Gasteiger partial charge in [-0.15, -0.1) is 0 Å².